The normalized spacial score (nSPS) is 20.0. The Morgan fingerprint density at radius 3 is 3.06 bits per heavy atom. The van der Waals surface area contributed by atoms with Crippen LogP contribution < -0.4 is 0 Å². The average molecular weight is 243 g/mol. The molecule has 0 spiro atoms. The second-order valence-corrected chi connectivity index (χ2v) is 4.26. The van der Waals surface area contributed by atoms with Crippen molar-refractivity contribution in [2.45, 2.75) is 25.4 Å². The highest BCUT2D eigenvalue weighted by Gasteiger charge is 2.24. The number of ether oxygens (including phenoxy) is 1. The van der Waals surface area contributed by atoms with Crippen LogP contribution in [0, 0.1) is 5.82 Å². The van der Waals surface area contributed by atoms with Crippen molar-refractivity contribution in [1.82, 2.24) is 0 Å². The van der Waals surface area contributed by atoms with Gasteiger partial charge in [0.2, 0.25) is 0 Å². The van der Waals surface area contributed by atoms with Crippen LogP contribution in [0.2, 0.25) is 5.02 Å². The lowest BCUT2D eigenvalue weighted by molar-refractivity contribution is -0.127. The Labute approximate surface area is 98.4 Å². The fourth-order valence-electron chi connectivity index (χ4n) is 1.82. The minimum Gasteiger partial charge on any atom is -0.370 e. The van der Waals surface area contributed by atoms with Crippen molar-refractivity contribution in [2.75, 3.05) is 6.61 Å². The molecule has 0 N–H and O–H groups in total. The van der Waals surface area contributed by atoms with Crippen molar-refractivity contribution in [3.05, 3.63) is 34.6 Å². The number of carbonyl (C=O) groups is 1. The lowest BCUT2D eigenvalue weighted by Gasteiger charge is -2.09. The van der Waals surface area contributed by atoms with E-state index in [1.807, 2.05) is 0 Å². The molecule has 2 rings (SSSR count). The van der Waals surface area contributed by atoms with Crippen LogP contribution in [0.1, 0.15) is 18.4 Å². The molecule has 0 aromatic heterocycles. The number of ketones is 1. The molecule has 1 aromatic rings. The Hall–Kier alpha value is -0.930. The summed E-state index contributed by atoms with van der Waals surface area (Å²) >= 11 is 5.64. The van der Waals surface area contributed by atoms with E-state index in [1.165, 1.54) is 6.07 Å². The minimum atomic E-state index is -0.504. The molecule has 1 aliphatic rings. The second-order valence-electron chi connectivity index (χ2n) is 3.86. The molecule has 0 radical (unpaired) electrons. The van der Waals surface area contributed by atoms with Crippen LogP contribution in [0.3, 0.4) is 0 Å². The van der Waals surface area contributed by atoms with Crippen LogP contribution in [-0.2, 0) is 16.0 Å². The van der Waals surface area contributed by atoms with Gasteiger partial charge in [-0.05, 0) is 24.5 Å². The van der Waals surface area contributed by atoms with E-state index in [0.717, 1.165) is 12.8 Å². The van der Waals surface area contributed by atoms with Crippen LogP contribution in [0.15, 0.2) is 18.2 Å². The van der Waals surface area contributed by atoms with Crippen molar-refractivity contribution in [3.63, 3.8) is 0 Å². The summed E-state index contributed by atoms with van der Waals surface area (Å²) in [5.41, 5.74) is 0.341. The maximum absolute atomic E-state index is 13.5. The van der Waals surface area contributed by atoms with Crippen LogP contribution >= 0.6 is 11.6 Å². The lowest BCUT2D eigenvalue weighted by atomic mass is 10.0. The number of rotatable bonds is 3. The van der Waals surface area contributed by atoms with Gasteiger partial charge in [-0.25, -0.2) is 4.39 Å². The molecule has 1 heterocycles. The first-order chi connectivity index (χ1) is 7.68. The molecule has 1 fully saturated rings. The zero-order valence-corrected chi connectivity index (χ0v) is 9.47. The van der Waals surface area contributed by atoms with E-state index in [-0.39, 0.29) is 23.3 Å². The summed E-state index contributed by atoms with van der Waals surface area (Å²) in [6.07, 6.45) is 1.32. The highest BCUT2D eigenvalue weighted by molar-refractivity contribution is 6.30. The van der Waals surface area contributed by atoms with Crippen LogP contribution in [-0.4, -0.2) is 18.5 Å². The number of Topliss-reactive ketones (excluding diaryl/α,β-unsaturated/α-hetero) is 1. The third kappa shape index (κ3) is 2.42. The van der Waals surface area contributed by atoms with Gasteiger partial charge in [-0.15, -0.1) is 0 Å². The third-order valence-electron chi connectivity index (χ3n) is 2.69. The SMILES string of the molecule is O=C(Cc1cccc(Cl)c1F)C1CCCO1. The van der Waals surface area contributed by atoms with Gasteiger partial charge in [0.15, 0.2) is 5.78 Å². The Kier molecular flexibility index (Phi) is 3.56. The molecule has 0 bridgehead atoms. The maximum atomic E-state index is 13.5. The third-order valence-corrected chi connectivity index (χ3v) is 2.98. The van der Waals surface area contributed by atoms with E-state index < -0.39 is 5.82 Å². The number of carbonyl (C=O) groups excluding carboxylic acids is 1. The standard InChI is InChI=1S/C12H12ClFO2/c13-9-4-1-3-8(12(9)14)7-10(15)11-5-2-6-16-11/h1,3-4,11H,2,5-7H2. The van der Waals surface area contributed by atoms with Gasteiger partial charge in [0.25, 0.3) is 0 Å². The average Bonchev–Trinajstić information content (AvgIpc) is 2.78. The predicted molar refractivity (Wildman–Crippen MR) is 59.1 cm³/mol. The van der Waals surface area contributed by atoms with Gasteiger partial charge in [-0.3, -0.25) is 4.79 Å². The zero-order chi connectivity index (χ0) is 11.5. The molecule has 0 amide bonds. The van der Waals surface area contributed by atoms with Crippen molar-refractivity contribution in [2.24, 2.45) is 0 Å². The molecule has 86 valence electrons. The Morgan fingerprint density at radius 1 is 1.56 bits per heavy atom. The minimum absolute atomic E-state index is 0.0526. The summed E-state index contributed by atoms with van der Waals surface area (Å²) in [5.74, 6) is -0.575. The van der Waals surface area contributed by atoms with Crippen LogP contribution in [0.5, 0.6) is 0 Å². The van der Waals surface area contributed by atoms with Crippen LogP contribution in [0.4, 0.5) is 4.39 Å². The van der Waals surface area contributed by atoms with E-state index in [1.54, 1.807) is 12.1 Å². The summed E-state index contributed by atoms with van der Waals surface area (Å²) in [5, 5.41) is 0.0534. The number of hydrogen-bond donors (Lipinski definition) is 0. The molecule has 0 saturated carbocycles. The summed E-state index contributed by atoms with van der Waals surface area (Å²) in [6, 6.07) is 4.69. The monoisotopic (exact) mass is 242 g/mol. The molecule has 2 nitrogen and oxygen atoms in total. The largest absolute Gasteiger partial charge is 0.370 e. The Bertz CT molecular complexity index is 400. The molecule has 1 aromatic carbocycles. The van der Waals surface area contributed by atoms with Gasteiger partial charge in [-0.1, -0.05) is 23.7 Å². The van der Waals surface area contributed by atoms with Crippen molar-refractivity contribution in [3.8, 4) is 0 Å². The van der Waals surface area contributed by atoms with E-state index in [9.17, 15) is 9.18 Å². The molecule has 0 aliphatic carbocycles. The molecule has 1 unspecified atom stereocenters. The molecule has 4 heteroatoms. The van der Waals surface area contributed by atoms with Gasteiger partial charge in [0.1, 0.15) is 11.9 Å². The van der Waals surface area contributed by atoms with Gasteiger partial charge in [0, 0.05) is 13.0 Å². The maximum Gasteiger partial charge on any atom is 0.166 e. The van der Waals surface area contributed by atoms with E-state index in [0.29, 0.717) is 12.2 Å². The quantitative estimate of drug-likeness (QED) is 0.815. The fourth-order valence-corrected chi connectivity index (χ4v) is 2.01. The molecule has 1 atom stereocenters. The van der Waals surface area contributed by atoms with E-state index >= 15 is 0 Å². The molecular formula is C12H12ClFO2. The van der Waals surface area contributed by atoms with Gasteiger partial charge in [0.05, 0.1) is 5.02 Å². The van der Waals surface area contributed by atoms with Gasteiger partial charge < -0.3 is 4.74 Å². The number of hydrogen-bond acceptors (Lipinski definition) is 2. The first-order valence-corrected chi connectivity index (χ1v) is 5.63. The van der Waals surface area contributed by atoms with Gasteiger partial charge in [-0.2, -0.15) is 0 Å². The predicted octanol–water partition coefficient (Wildman–Crippen LogP) is 2.77. The lowest BCUT2D eigenvalue weighted by Crippen LogP contribution is -2.21. The summed E-state index contributed by atoms with van der Waals surface area (Å²) < 4.78 is 18.8. The highest BCUT2D eigenvalue weighted by atomic mass is 35.5. The van der Waals surface area contributed by atoms with Crippen LogP contribution in [0.25, 0.3) is 0 Å². The molecular weight excluding hydrogens is 231 g/mol. The van der Waals surface area contributed by atoms with Crippen molar-refractivity contribution >= 4 is 17.4 Å². The first-order valence-electron chi connectivity index (χ1n) is 5.25. The first kappa shape index (κ1) is 11.6. The van der Waals surface area contributed by atoms with Gasteiger partial charge >= 0.3 is 0 Å². The highest BCUT2D eigenvalue weighted by Crippen LogP contribution is 2.20. The number of benzene rings is 1. The molecule has 1 saturated heterocycles. The second kappa shape index (κ2) is 4.93. The Balaban J connectivity index is 2.08. The number of halogens is 2. The summed E-state index contributed by atoms with van der Waals surface area (Å²) in [4.78, 5) is 11.7. The van der Waals surface area contributed by atoms with Crippen molar-refractivity contribution < 1.29 is 13.9 Å². The Morgan fingerprint density at radius 2 is 2.38 bits per heavy atom. The van der Waals surface area contributed by atoms with E-state index in [4.69, 9.17) is 16.3 Å². The van der Waals surface area contributed by atoms with E-state index in [2.05, 4.69) is 0 Å². The molecule has 1 aliphatic heterocycles. The summed E-state index contributed by atoms with van der Waals surface area (Å²) in [6.45, 7) is 0.619. The molecule has 16 heavy (non-hydrogen) atoms. The zero-order valence-electron chi connectivity index (χ0n) is 8.71. The smallest absolute Gasteiger partial charge is 0.166 e. The van der Waals surface area contributed by atoms with Crippen molar-refractivity contribution in [1.29, 1.82) is 0 Å². The topological polar surface area (TPSA) is 26.3 Å². The summed E-state index contributed by atoms with van der Waals surface area (Å²) in [7, 11) is 0. The fraction of sp³-hybridized carbons (Fsp3) is 0.417.